The van der Waals surface area contributed by atoms with E-state index in [1.54, 1.807) is 18.2 Å². The molecule has 2 aromatic heterocycles. The molecule has 1 fully saturated rings. The molecular weight excluding hydrogens is 429 g/mol. The summed E-state index contributed by atoms with van der Waals surface area (Å²) in [5, 5.41) is 9.90. The van der Waals surface area contributed by atoms with Gasteiger partial charge in [-0.15, -0.1) is 10.2 Å². The smallest absolute Gasteiger partial charge is 0.258 e. The van der Waals surface area contributed by atoms with Crippen molar-refractivity contribution >= 4 is 22.7 Å². The van der Waals surface area contributed by atoms with Crippen molar-refractivity contribution in [2.24, 2.45) is 0 Å². The molecule has 0 aliphatic carbocycles. The maximum atomic E-state index is 13.4. The average Bonchev–Trinajstić information content (AvgIpc) is 3.45. The molecule has 32 heavy (non-hydrogen) atoms. The number of rotatable bonds is 6. The molecule has 2 aromatic carbocycles. The van der Waals surface area contributed by atoms with E-state index in [1.807, 2.05) is 29.7 Å². The molecule has 0 saturated carbocycles. The van der Waals surface area contributed by atoms with Crippen LogP contribution in [0.4, 0.5) is 4.39 Å². The van der Waals surface area contributed by atoms with Crippen LogP contribution in [-0.4, -0.2) is 37.4 Å². The summed E-state index contributed by atoms with van der Waals surface area (Å²) in [4.78, 5) is 20.0. The summed E-state index contributed by atoms with van der Waals surface area (Å²) < 4.78 is 21.3. The molecule has 5 rings (SSSR count). The number of nitrogens with zero attached hydrogens (tertiary/aromatic N) is 4. The Balaban J connectivity index is 1.48. The lowest BCUT2D eigenvalue weighted by Gasteiger charge is -2.16. The van der Waals surface area contributed by atoms with Gasteiger partial charge in [0.1, 0.15) is 11.6 Å². The van der Waals surface area contributed by atoms with Crippen LogP contribution in [0.3, 0.4) is 0 Å². The fourth-order valence-corrected chi connectivity index (χ4v) is 4.77. The van der Waals surface area contributed by atoms with E-state index in [-0.39, 0.29) is 22.7 Å². The van der Waals surface area contributed by atoms with E-state index < -0.39 is 0 Å². The number of nitrogens with one attached hydrogen (secondary N) is 1. The number of para-hydroxylation sites is 1. The molecule has 7 nitrogen and oxygen atoms in total. The number of aromatic nitrogens is 5. The van der Waals surface area contributed by atoms with Gasteiger partial charge in [0, 0.05) is 12.2 Å². The Bertz CT molecular complexity index is 1300. The second-order valence-electron chi connectivity index (χ2n) is 7.79. The molecule has 0 radical (unpaired) electrons. The minimum absolute atomic E-state index is 0.0819. The third-order valence-corrected chi connectivity index (χ3v) is 6.62. The van der Waals surface area contributed by atoms with Crippen LogP contribution in [0.5, 0.6) is 0 Å². The Morgan fingerprint density at radius 2 is 2.03 bits per heavy atom. The molecule has 1 N–H and O–H groups in total. The molecule has 2 atom stereocenters. The third-order valence-electron chi connectivity index (χ3n) is 5.53. The fourth-order valence-electron chi connectivity index (χ4n) is 3.86. The largest absolute Gasteiger partial charge is 0.376 e. The maximum absolute atomic E-state index is 13.4. The van der Waals surface area contributed by atoms with E-state index in [1.165, 1.54) is 23.9 Å². The van der Waals surface area contributed by atoms with Crippen LogP contribution in [-0.2, 0) is 11.3 Å². The number of halogens is 1. The number of thioether (sulfide) groups is 1. The van der Waals surface area contributed by atoms with Crippen molar-refractivity contribution in [1.29, 1.82) is 0 Å². The van der Waals surface area contributed by atoms with Crippen LogP contribution < -0.4 is 5.56 Å². The molecule has 1 aliphatic rings. The molecule has 0 spiro atoms. The molecular formula is C23H22FN5O2S. The van der Waals surface area contributed by atoms with Crippen molar-refractivity contribution < 1.29 is 9.13 Å². The van der Waals surface area contributed by atoms with Crippen LogP contribution in [0.15, 0.2) is 58.5 Å². The first kappa shape index (κ1) is 20.8. The van der Waals surface area contributed by atoms with Gasteiger partial charge in [0.15, 0.2) is 11.0 Å². The van der Waals surface area contributed by atoms with Crippen LogP contribution in [0.1, 0.15) is 30.8 Å². The molecule has 3 heterocycles. The predicted molar refractivity (Wildman–Crippen MR) is 121 cm³/mol. The Morgan fingerprint density at radius 3 is 2.81 bits per heavy atom. The molecule has 1 saturated heterocycles. The number of hydrogen-bond acceptors (Lipinski definition) is 6. The normalized spacial score (nSPS) is 17.1. The highest BCUT2D eigenvalue weighted by atomic mass is 32.2. The van der Waals surface area contributed by atoms with E-state index in [0.717, 1.165) is 25.0 Å². The lowest BCUT2D eigenvalue weighted by Crippen LogP contribution is -2.17. The average molecular weight is 452 g/mol. The Hall–Kier alpha value is -3.04. The predicted octanol–water partition coefficient (Wildman–Crippen LogP) is 4.35. The summed E-state index contributed by atoms with van der Waals surface area (Å²) in [5.41, 5.74) is 1.28. The SMILES string of the molecule is CC(Sc1nnc(-c2ccc(F)cc2)n1CC1CCCO1)c1nc2ccccc2c(=O)[nH]1. The van der Waals surface area contributed by atoms with Crippen LogP contribution >= 0.6 is 11.8 Å². The summed E-state index contributed by atoms with van der Waals surface area (Å²) in [6.45, 7) is 3.33. The summed E-state index contributed by atoms with van der Waals surface area (Å²) >= 11 is 1.47. The molecule has 0 amide bonds. The zero-order valence-corrected chi connectivity index (χ0v) is 18.3. The lowest BCUT2D eigenvalue weighted by molar-refractivity contribution is 0.0953. The highest BCUT2D eigenvalue weighted by molar-refractivity contribution is 7.99. The van der Waals surface area contributed by atoms with Crippen LogP contribution in [0.25, 0.3) is 22.3 Å². The van der Waals surface area contributed by atoms with E-state index in [0.29, 0.717) is 34.3 Å². The second kappa shape index (κ2) is 8.84. The van der Waals surface area contributed by atoms with Gasteiger partial charge in [-0.05, 0) is 56.2 Å². The van der Waals surface area contributed by atoms with Crippen molar-refractivity contribution in [3.63, 3.8) is 0 Å². The van der Waals surface area contributed by atoms with Gasteiger partial charge in [0.05, 0.1) is 28.8 Å². The van der Waals surface area contributed by atoms with Crippen molar-refractivity contribution in [3.05, 3.63) is 70.5 Å². The number of ether oxygens (including phenoxy) is 1. The van der Waals surface area contributed by atoms with Crippen molar-refractivity contribution in [3.8, 4) is 11.4 Å². The highest BCUT2D eigenvalue weighted by Gasteiger charge is 2.24. The standard InChI is InChI=1S/C23H22FN5O2S/c1-14(20-25-19-7-3-2-6-18(19)22(30)26-20)32-23-28-27-21(15-8-10-16(24)11-9-15)29(23)13-17-5-4-12-31-17/h2-3,6-11,14,17H,4-5,12-13H2,1H3,(H,25,26,30). The Morgan fingerprint density at radius 1 is 1.22 bits per heavy atom. The summed E-state index contributed by atoms with van der Waals surface area (Å²) in [6.07, 6.45) is 2.08. The lowest BCUT2D eigenvalue weighted by atomic mass is 10.2. The molecule has 164 valence electrons. The number of H-pyrrole nitrogens is 1. The summed E-state index contributed by atoms with van der Waals surface area (Å²) in [7, 11) is 0. The minimum atomic E-state index is -0.298. The monoisotopic (exact) mass is 451 g/mol. The summed E-state index contributed by atoms with van der Waals surface area (Å²) in [5.74, 6) is 0.942. The maximum Gasteiger partial charge on any atom is 0.258 e. The van der Waals surface area contributed by atoms with E-state index in [4.69, 9.17) is 4.74 Å². The van der Waals surface area contributed by atoms with E-state index in [2.05, 4.69) is 20.2 Å². The summed E-state index contributed by atoms with van der Waals surface area (Å²) in [6, 6.07) is 13.5. The van der Waals surface area contributed by atoms with Crippen LogP contribution in [0, 0.1) is 5.82 Å². The minimum Gasteiger partial charge on any atom is -0.376 e. The highest BCUT2D eigenvalue weighted by Crippen LogP contribution is 2.34. The second-order valence-corrected chi connectivity index (χ2v) is 9.10. The first-order chi connectivity index (χ1) is 15.6. The zero-order chi connectivity index (χ0) is 22.1. The van der Waals surface area contributed by atoms with Gasteiger partial charge in [-0.25, -0.2) is 9.37 Å². The van der Waals surface area contributed by atoms with E-state index >= 15 is 0 Å². The zero-order valence-electron chi connectivity index (χ0n) is 17.5. The van der Waals surface area contributed by atoms with Crippen LogP contribution in [0.2, 0.25) is 0 Å². The van der Waals surface area contributed by atoms with Gasteiger partial charge in [-0.3, -0.25) is 9.36 Å². The van der Waals surface area contributed by atoms with Crippen molar-refractivity contribution in [1.82, 2.24) is 24.7 Å². The van der Waals surface area contributed by atoms with Gasteiger partial charge in [-0.1, -0.05) is 23.9 Å². The molecule has 0 bridgehead atoms. The van der Waals surface area contributed by atoms with Crippen molar-refractivity contribution in [2.45, 2.75) is 42.8 Å². The van der Waals surface area contributed by atoms with Gasteiger partial charge in [0.2, 0.25) is 0 Å². The number of benzene rings is 2. The molecule has 4 aromatic rings. The molecule has 9 heteroatoms. The first-order valence-corrected chi connectivity index (χ1v) is 11.4. The fraction of sp³-hybridized carbons (Fsp3) is 0.304. The Labute approximate surface area is 188 Å². The number of hydrogen-bond donors (Lipinski definition) is 1. The van der Waals surface area contributed by atoms with Crippen molar-refractivity contribution in [2.75, 3.05) is 6.61 Å². The number of aromatic amines is 1. The quantitative estimate of drug-likeness (QED) is 0.439. The topological polar surface area (TPSA) is 85.7 Å². The third kappa shape index (κ3) is 4.18. The Kier molecular flexibility index (Phi) is 5.75. The van der Waals surface area contributed by atoms with Gasteiger partial charge in [0.25, 0.3) is 5.56 Å². The van der Waals surface area contributed by atoms with E-state index in [9.17, 15) is 9.18 Å². The van der Waals surface area contributed by atoms with Gasteiger partial charge >= 0.3 is 0 Å². The molecule has 1 aliphatic heterocycles. The van der Waals surface area contributed by atoms with Gasteiger partial charge in [-0.2, -0.15) is 0 Å². The first-order valence-electron chi connectivity index (χ1n) is 10.5. The molecule has 2 unspecified atom stereocenters. The van der Waals surface area contributed by atoms with Gasteiger partial charge < -0.3 is 9.72 Å². The number of fused-ring (bicyclic) bond motifs is 1.